The molecule has 1 spiro atoms. The molecule has 6 heteroatoms. The molecule has 2 fully saturated rings. The van der Waals surface area contributed by atoms with E-state index in [0.29, 0.717) is 39.3 Å². The van der Waals surface area contributed by atoms with E-state index in [1.807, 2.05) is 36.9 Å². The van der Waals surface area contributed by atoms with Crippen molar-refractivity contribution in [3.05, 3.63) is 23.8 Å². The van der Waals surface area contributed by atoms with Gasteiger partial charge in [0.25, 0.3) is 0 Å². The van der Waals surface area contributed by atoms with Crippen LogP contribution in [0.3, 0.4) is 0 Å². The van der Waals surface area contributed by atoms with Crippen LogP contribution in [0, 0.1) is 5.92 Å². The summed E-state index contributed by atoms with van der Waals surface area (Å²) >= 11 is 0. The van der Waals surface area contributed by atoms with E-state index < -0.39 is 0 Å². The molecule has 0 unspecified atom stereocenters. The number of nitrogens with zero attached hydrogens (tertiary/aromatic N) is 1. The van der Waals surface area contributed by atoms with Crippen molar-refractivity contribution >= 4 is 5.91 Å². The molecule has 6 nitrogen and oxygen atoms in total. The Bertz CT molecular complexity index is 695. The number of rotatable bonds is 2. The summed E-state index contributed by atoms with van der Waals surface area (Å²) in [5.41, 5.74) is 0.322. The van der Waals surface area contributed by atoms with E-state index in [-0.39, 0.29) is 23.0 Å². The maximum absolute atomic E-state index is 13.2. The molecule has 0 N–H and O–H groups in total. The van der Waals surface area contributed by atoms with E-state index in [0.717, 1.165) is 23.5 Å². The normalized spacial score (nSPS) is 30.0. The summed E-state index contributed by atoms with van der Waals surface area (Å²) in [7, 11) is 1.64. The van der Waals surface area contributed by atoms with Gasteiger partial charge in [-0.1, -0.05) is 6.07 Å². The van der Waals surface area contributed by atoms with Gasteiger partial charge in [-0.25, -0.2) is 0 Å². The van der Waals surface area contributed by atoms with Gasteiger partial charge in [0.15, 0.2) is 0 Å². The van der Waals surface area contributed by atoms with E-state index in [9.17, 15) is 4.79 Å². The summed E-state index contributed by atoms with van der Waals surface area (Å²) in [5, 5.41) is 0. The number of ether oxygens (including phenoxy) is 4. The number of amides is 1. The van der Waals surface area contributed by atoms with E-state index in [2.05, 4.69) is 0 Å². The fraction of sp³-hybridized carbons (Fsp3) is 0.650. The average molecular weight is 361 g/mol. The lowest BCUT2D eigenvalue weighted by molar-refractivity contribution is -0.201. The fourth-order valence-electron chi connectivity index (χ4n) is 4.36. The van der Waals surface area contributed by atoms with E-state index >= 15 is 0 Å². The third-order valence-corrected chi connectivity index (χ3v) is 5.45. The second-order valence-corrected chi connectivity index (χ2v) is 8.23. The largest absolute Gasteiger partial charge is 0.497 e. The SMILES string of the molecule is COc1ccc2c(c1)OC[C@H](C(=O)N1CC(C)(C)O[C@]3(CCOC3)C1)C2. The molecule has 0 aromatic heterocycles. The molecule has 0 bridgehead atoms. The van der Waals surface area contributed by atoms with Crippen molar-refractivity contribution in [3.8, 4) is 11.5 Å². The summed E-state index contributed by atoms with van der Waals surface area (Å²) in [6.45, 7) is 6.95. The Morgan fingerprint density at radius 3 is 2.88 bits per heavy atom. The van der Waals surface area contributed by atoms with Gasteiger partial charge >= 0.3 is 0 Å². The van der Waals surface area contributed by atoms with Crippen LogP contribution in [0.4, 0.5) is 0 Å². The second-order valence-electron chi connectivity index (χ2n) is 8.23. The standard InChI is InChI=1S/C20H27NO5/c1-19(2)11-21(12-20(26-19)6-7-24-13-20)18(22)15-8-14-4-5-16(23-3)9-17(14)25-10-15/h4-5,9,15H,6-8,10-13H2,1-3H3/t15-,20-/m1/s1. The molecule has 0 radical (unpaired) electrons. The van der Waals surface area contributed by atoms with Crippen molar-refractivity contribution in [3.63, 3.8) is 0 Å². The first kappa shape index (κ1) is 17.6. The Morgan fingerprint density at radius 1 is 1.31 bits per heavy atom. The van der Waals surface area contributed by atoms with Crippen molar-refractivity contribution in [2.45, 2.75) is 37.9 Å². The summed E-state index contributed by atoms with van der Waals surface area (Å²) in [4.78, 5) is 15.2. The minimum absolute atomic E-state index is 0.147. The Kier molecular flexibility index (Phi) is 4.35. The zero-order chi connectivity index (χ0) is 18.4. The molecular weight excluding hydrogens is 334 g/mol. The number of benzene rings is 1. The van der Waals surface area contributed by atoms with Crippen LogP contribution >= 0.6 is 0 Å². The molecule has 142 valence electrons. The third kappa shape index (κ3) is 3.28. The highest BCUT2D eigenvalue weighted by atomic mass is 16.6. The predicted octanol–water partition coefficient (Wildman–Crippen LogP) is 2.04. The smallest absolute Gasteiger partial charge is 0.229 e. The Morgan fingerprint density at radius 2 is 2.15 bits per heavy atom. The lowest BCUT2D eigenvalue weighted by Gasteiger charge is -2.48. The minimum Gasteiger partial charge on any atom is -0.497 e. The Labute approximate surface area is 154 Å². The third-order valence-electron chi connectivity index (χ3n) is 5.45. The Balaban J connectivity index is 1.50. The van der Waals surface area contributed by atoms with Crippen molar-refractivity contribution in [2.24, 2.45) is 5.92 Å². The molecule has 2 atom stereocenters. The molecule has 1 aromatic rings. The first-order valence-corrected chi connectivity index (χ1v) is 9.26. The van der Waals surface area contributed by atoms with E-state index in [1.165, 1.54) is 0 Å². The highest BCUT2D eigenvalue weighted by Crippen LogP contribution is 2.37. The average Bonchev–Trinajstić information content (AvgIpc) is 3.05. The van der Waals surface area contributed by atoms with Crippen molar-refractivity contribution < 1.29 is 23.7 Å². The summed E-state index contributed by atoms with van der Waals surface area (Å²) in [6, 6.07) is 5.79. The quantitative estimate of drug-likeness (QED) is 0.807. The molecule has 3 heterocycles. The van der Waals surface area contributed by atoms with Gasteiger partial charge in [0.05, 0.1) is 31.8 Å². The fourth-order valence-corrected chi connectivity index (χ4v) is 4.36. The zero-order valence-corrected chi connectivity index (χ0v) is 15.7. The molecule has 2 saturated heterocycles. The topological polar surface area (TPSA) is 57.2 Å². The van der Waals surface area contributed by atoms with Crippen LogP contribution in [0.1, 0.15) is 25.8 Å². The lowest BCUT2D eigenvalue weighted by Crippen LogP contribution is -2.62. The maximum Gasteiger partial charge on any atom is 0.229 e. The van der Waals surface area contributed by atoms with Crippen LogP contribution in [0.15, 0.2) is 18.2 Å². The van der Waals surface area contributed by atoms with Crippen LogP contribution < -0.4 is 9.47 Å². The minimum atomic E-state index is -0.373. The van der Waals surface area contributed by atoms with Crippen molar-refractivity contribution in [2.75, 3.05) is 40.0 Å². The monoisotopic (exact) mass is 361 g/mol. The number of morpholine rings is 1. The van der Waals surface area contributed by atoms with Gasteiger partial charge in [-0.3, -0.25) is 4.79 Å². The van der Waals surface area contributed by atoms with E-state index in [4.69, 9.17) is 18.9 Å². The number of fused-ring (bicyclic) bond motifs is 1. The summed E-state index contributed by atoms with van der Waals surface area (Å²) in [5.74, 6) is 1.57. The van der Waals surface area contributed by atoms with Crippen LogP contribution in [0.25, 0.3) is 0 Å². The first-order valence-electron chi connectivity index (χ1n) is 9.26. The summed E-state index contributed by atoms with van der Waals surface area (Å²) in [6.07, 6.45) is 1.53. The zero-order valence-electron chi connectivity index (χ0n) is 15.7. The van der Waals surface area contributed by atoms with E-state index in [1.54, 1.807) is 7.11 Å². The molecule has 26 heavy (non-hydrogen) atoms. The number of carbonyl (C=O) groups is 1. The van der Waals surface area contributed by atoms with Gasteiger partial charge in [-0.05, 0) is 31.9 Å². The molecule has 3 aliphatic rings. The van der Waals surface area contributed by atoms with Crippen LogP contribution in [-0.2, 0) is 20.7 Å². The number of methoxy groups -OCH3 is 1. The van der Waals surface area contributed by atoms with Gasteiger partial charge in [0, 0.05) is 25.6 Å². The van der Waals surface area contributed by atoms with Crippen LogP contribution in [-0.4, -0.2) is 62.0 Å². The maximum atomic E-state index is 13.2. The number of hydrogen-bond donors (Lipinski definition) is 0. The lowest BCUT2D eigenvalue weighted by atomic mass is 9.91. The predicted molar refractivity (Wildman–Crippen MR) is 95.6 cm³/mol. The first-order chi connectivity index (χ1) is 12.4. The molecule has 0 aliphatic carbocycles. The second kappa shape index (κ2) is 6.43. The molecule has 1 amide bonds. The molecule has 0 saturated carbocycles. The number of carbonyl (C=O) groups excluding carboxylic acids is 1. The van der Waals surface area contributed by atoms with Crippen LogP contribution in [0.5, 0.6) is 11.5 Å². The van der Waals surface area contributed by atoms with Crippen LogP contribution in [0.2, 0.25) is 0 Å². The van der Waals surface area contributed by atoms with Crippen molar-refractivity contribution in [1.29, 1.82) is 0 Å². The summed E-state index contributed by atoms with van der Waals surface area (Å²) < 4.78 is 23.0. The highest BCUT2D eigenvalue weighted by molar-refractivity contribution is 5.80. The van der Waals surface area contributed by atoms with Gasteiger partial charge in [-0.2, -0.15) is 0 Å². The van der Waals surface area contributed by atoms with Crippen molar-refractivity contribution in [1.82, 2.24) is 4.90 Å². The van der Waals surface area contributed by atoms with Gasteiger partial charge < -0.3 is 23.8 Å². The van der Waals surface area contributed by atoms with Gasteiger partial charge in [0.1, 0.15) is 23.7 Å². The molecule has 1 aromatic carbocycles. The number of hydrogen-bond acceptors (Lipinski definition) is 5. The van der Waals surface area contributed by atoms with Gasteiger partial charge in [-0.15, -0.1) is 0 Å². The molecular formula is C20H27NO5. The van der Waals surface area contributed by atoms with Gasteiger partial charge in [0.2, 0.25) is 5.91 Å². The molecule has 4 rings (SSSR count). The molecule has 3 aliphatic heterocycles. The highest BCUT2D eigenvalue weighted by Gasteiger charge is 2.49. The Hall–Kier alpha value is -1.79.